The van der Waals surface area contributed by atoms with Crippen molar-refractivity contribution in [1.82, 2.24) is 4.90 Å². The number of carbonyl (C=O) groups is 1. The number of benzene rings is 2. The van der Waals surface area contributed by atoms with Crippen LogP contribution in [0.2, 0.25) is 5.02 Å². The molecule has 0 saturated heterocycles. The van der Waals surface area contributed by atoms with Gasteiger partial charge >= 0.3 is 0 Å². The Labute approximate surface area is 166 Å². The summed E-state index contributed by atoms with van der Waals surface area (Å²) in [4.78, 5) is 14.6. The van der Waals surface area contributed by atoms with Crippen LogP contribution in [0.3, 0.4) is 0 Å². The average molecular weight is 388 g/mol. The Morgan fingerprint density at radius 3 is 2.44 bits per heavy atom. The lowest BCUT2D eigenvalue weighted by atomic mass is 9.98. The normalized spacial score (nSPS) is 13.2. The van der Waals surface area contributed by atoms with Crippen LogP contribution in [0, 0.1) is 0 Å². The fraction of sp³-hybridized carbons (Fsp3) is 0.409. The Morgan fingerprint density at radius 2 is 1.78 bits per heavy atom. The molecule has 1 amide bonds. The standard InChI is InChI=1S/C22H26ClNO3/c1-3-26-20-13-17-10-11-24(15-18(17)14-21(20)27-4-2)22(25)9-8-16-6-5-7-19(23)12-16/h5-7,12-14H,3-4,8-11,15H2,1-2H3. The van der Waals surface area contributed by atoms with Crippen LogP contribution in [0.4, 0.5) is 0 Å². The monoisotopic (exact) mass is 387 g/mol. The third-order valence-corrected chi connectivity index (χ3v) is 4.98. The summed E-state index contributed by atoms with van der Waals surface area (Å²) in [5.74, 6) is 1.72. The van der Waals surface area contributed by atoms with E-state index in [1.54, 1.807) is 0 Å². The molecule has 1 aliphatic heterocycles. The van der Waals surface area contributed by atoms with Crippen molar-refractivity contribution in [1.29, 1.82) is 0 Å². The number of hydrogen-bond donors (Lipinski definition) is 0. The highest BCUT2D eigenvalue weighted by atomic mass is 35.5. The van der Waals surface area contributed by atoms with Crippen molar-refractivity contribution in [3.8, 4) is 11.5 Å². The van der Waals surface area contributed by atoms with E-state index in [0.29, 0.717) is 37.6 Å². The highest BCUT2D eigenvalue weighted by Gasteiger charge is 2.22. The lowest BCUT2D eigenvalue weighted by Gasteiger charge is -2.30. The van der Waals surface area contributed by atoms with Crippen molar-refractivity contribution in [2.75, 3.05) is 19.8 Å². The Morgan fingerprint density at radius 1 is 1.07 bits per heavy atom. The molecule has 0 atom stereocenters. The topological polar surface area (TPSA) is 38.8 Å². The zero-order valence-corrected chi connectivity index (χ0v) is 16.7. The van der Waals surface area contributed by atoms with Crippen molar-refractivity contribution in [2.45, 2.75) is 39.7 Å². The van der Waals surface area contributed by atoms with Crippen molar-refractivity contribution in [2.24, 2.45) is 0 Å². The van der Waals surface area contributed by atoms with Gasteiger partial charge in [-0.15, -0.1) is 0 Å². The summed E-state index contributed by atoms with van der Waals surface area (Å²) in [6.07, 6.45) is 2.03. The van der Waals surface area contributed by atoms with Gasteiger partial charge in [0.25, 0.3) is 0 Å². The summed E-state index contributed by atoms with van der Waals surface area (Å²) in [5, 5.41) is 0.709. The molecule has 1 aliphatic rings. The van der Waals surface area contributed by atoms with Crippen LogP contribution in [0.1, 0.15) is 37.0 Å². The van der Waals surface area contributed by atoms with Gasteiger partial charge in [0.2, 0.25) is 5.91 Å². The fourth-order valence-electron chi connectivity index (χ4n) is 3.42. The second kappa shape index (κ2) is 9.14. The molecule has 0 aromatic heterocycles. The SMILES string of the molecule is CCOc1cc2c(cc1OCC)CN(C(=O)CCc1cccc(Cl)c1)CC2. The minimum atomic E-state index is 0.174. The third-order valence-electron chi connectivity index (χ3n) is 4.75. The van der Waals surface area contributed by atoms with Gasteiger partial charge in [-0.05, 0) is 67.6 Å². The van der Waals surface area contributed by atoms with Crippen molar-refractivity contribution < 1.29 is 14.3 Å². The first-order chi connectivity index (χ1) is 13.1. The van der Waals surface area contributed by atoms with Gasteiger partial charge in [0.15, 0.2) is 11.5 Å². The molecule has 2 aromatic rings. The molecular formula is C22H26ClNO3. The number of carbonyl (C=O) groups excluding carboxylic acids is 1. The maximum absolute atomic E-state index is 12.7. The van der Waals surface area contributed by atoms with Crippen molar-refractivity contribution in [3.05, 3.63) is 58.1 Å². The summed E-state index contributed by atoms with van der Waals surface area (Å²) in [5.41, 5.74) is 3.47. The van der Waals surface area contributed by atoms with Crippen LogP contribution in [0.5, 0.6) is 11.5 Å². The van der Waals surface area contributed by atoms with Crippen LogP contribution in [-0.2, 0) is 24.2 Å². The van der Waals surface area contributed by atoms with Gasteiger partial charge in [0.1, 0.15) is 0 Å². The van der Waals surface area contributed by atoms with Crippen LogP contribution in [0.25, 0.3) is 0 Å². The van der Waals surface area contributed by atoms with Gasteiger partial charge in [0, 0.05) is 24.5 Å². The second-order valence-electron chi connectivity index (χ2n) is 6.63. The number of rotatable bonds is 7. The molecule has 0 bridgehead atoms. The van der Waals surface area contributed by atoms with E-state index in [1.165, 1.54) is 5.56 Å². The van der Waals surface area contributed by atoms with Crippen molar-refractivity contribution >= 4 is 17.5 Å². The molecule has 0 saturated carbocycles. The maximum Gasteiger partial charge on any atom is 0.223 e. The van der Waals surface area contributed by atoms with Gasteiger partial charge < -0.3 is 14.4 Å². The van der Waals surface area contributed by atoms with E-state index >= 15 is 0 Å². The van der Waals surface area contributed by atoms with Gasteiger partial charge in [-0.3, -0.25) is 4.79 Å². The summed E-state index contributed by atoms with van der Waals surface area (Å²) >= 11 is 6.02. The highest BCUT2D eigenvalue weighted by Crippen LogP contribution is 2.34. The first-order valence-corrected chi connectivity index (χ1v) is 9.92. The Hall–Kier alpha value is -2.20. The predicted molar refractivity (Wildman–Crippen MR) is 108 cm³/mol. The van der Waals surface area contributed by atoms with Gasteiger partial charge in [-0.1, -0.05) is 23.7 Å². The number of ether oxygens (including phenoxy) is 2. The minimum Gasteiger partial charge on any atom is -0.490 e. The van der Waals surface area contributed by atoms with Gasteiger partial charge in [-0.2, -0.15) is 0 Å². The van der Waals surface area contributed by atoms with E-state index in [4.69, 9.17) is 21.1 Å². The first kappa shape index (κ1) is 19.6. The second-order valence-corrected chi connectivity index (χ2v) is 7.07. The first-order valence-electron chi connectivity index (χ1n) is 9.54. The molecule has 3 rings (SSSR count). The van der Waals surface area contributed by atoms with E-state index in [-0.39, 0.29) is 5.91 Å². The summed E-state index contributed by atoms with van der Waals surface area (Å²) in [6.45, 7) is 6.47. The predicted octanol–water partition coefficient (Wildman–Crippen LogP) is 4.65. The number of nitrogens with zero attached hydrogens (tertiary/aromatic N) is 1. The number of amides is 1. The fourth-order valence-corrected chi connectivity index (χ4v) is 3.63. The zero-order valence-electron chi connectivity index (χ0n) is 16.0. The quantitative estimate of drug-likeness (QED) is 0.693. The highest BCUT2D eigenvalue weighted by molar-refractivity contribution is 6.30. The van der Waals surface area contributed by atoms with E-state index in [1.807, 2.05) is 49.1 Å². The van der Waals surface area contributed by atoms with Gasteiger partial charge in [0.05, 0.1) is 13.2 Å². The third kappa shape index (κ3) is 4.95. The Bertz CT molecular complexity index is 806. The molecule has 27 heavy (non-hydrogen) atoms. The molecule has 5 heteroatoms. The molecule has 0 N–H and O–H groups in total. The zero-order chi connectivity index (χ0) is 19.2. The van der Waals surface area contributed by atoms with Crippen LogP contribution in [0.15, 0.2) is 36.4 Å². The lowest BCUT2D eigenvalue weighted by molar-refractivity contribution is -0.132. The maximum atomic E-state index is 12.7. The largest absolute Gasteiger partial charge is 0.490 e. The number of hydrogen-bond acceptors (Lipinski definition) is 3. The smallest absolute Gasteiger partial charge is 0.223 e. The number of halogens is 1. The molecule has 2 aromatic carbocycles. The van der Waals surface area contributed by atoms with E-state index in [0.717, 1.165) is 35.6 Å². The Balaban J connectivity index is 1.67. The van der Waals surface area contributed by atoms with Crippen molar-refractivity contribution in [3.63, 3.8) is 0 Å². The minimum absolute atomic E-state index is 0.174. The molecule has 4 nitrogen and oxygen atoms in total. The van der Waals surface area contributed by atoms with Gasteiger partial charge in [-0.25, -0.2) is 0 Å². The lowest BCUT2D eigenvalue weighted by Crippen LogP contribution is -2.36. The molecule has 0 aliphatic carbocycles. The van der Waals surface area contributed by atoms with E-state index in [2.05, 4.69) is 6.07 Å². The molecule has 0 fully saturated rings. The number of aryl methyl sites for hydroxylation is 1. The summed E-state index contributed by atoms with van der Waals surface area (Å²) in [6, 6.07) is 11.8. The average Bonchev–Trinajstić information content (AvgIpc) is 2.66. The van der Waals surface area contributed by atoms with E-state index in [9.17, 15) is 4.79 Å². The molecule has 0 unspecified atom stereocenters. The summed E-state index contributed by atoms with van der Waals surface area (Å²) in [7, 11) is 0. The molecular weight excluding hydrogens is 362 g/mol. The van der Waals surface area contributed by atoms with E-state index < -0.39 is 0 Å². The Kier molecular flexibility index (Phi) is 6.62. The number of fused-ring (bicyclic) bond motifs is 1. The summed E-state index contributed by atoms with van der Waals surface area (Å²) < 4.78 is 11.4. The van der Waals surface area contributed by atoms with Crippen LogP contribution in [-0.4, -0.2) is 30.6 Å². The molecule has 1 heterocycles. The molecule has 0 radical (unpaired) electrons. The van der Waals surface area contributed by atoms with Crippen LogP contribution < -0.4 is 9.47 Å². The molecule has 0 spiro atoms. The molecule has 144 valence electrons. The van der Waals surface area contributed by atoms with Crippen LogP contribution >= 0.6 is 11.6 Å².